The Bertz CT molecular complexity index is 335. The summed E-state index contributed by atoms with van der Waals surface area (Å²) in [6.45, 7) is 3.10. The van der Waals surface area contributed by atoms with Crippen molar-refractivity contribution in [2.45, 2.75) is 38.3 Å². The van der Waals surface area contributed by atoms with Crippen molar-refractivity contribution >= 4 is 15.9 Å². The molecule has 94 valence electrons. The predicted molar refractivity (Wildman–Crippen MR) is 75.9 cm³/mol. The van der Waals surface area contributed by atoms with Crippen LogP contribution in [0.15, 0.2) is 28.7 Å². The van der Waals surface area contributed by atoms with E-state index in [2.05, 4.69) is 45.1 Å². The summed E-state index contributed by atoms with van der Waals surface area (Å²) >= 11 is 3.48. The number of rotatable bonds is 4. The van der Waals surface area contributed by atoms with Gasteiger partial charge in [0.05, 0.1) is 0 Å². The van der Waals surface area contributed by atoms with Crippen LogP contribution in [0.2, 0.25) is 0 Å². The Labute approximate surface area is 112 Å². The van der Waals surface area contributed by atoms with E-state index in [0.717, 1.165) is 24.0 Å². The molecule has 2 N–H and O–H groups in total. The van der Waals surface area contributed by atoms with Crippen LogP contribution in [0.4, 0.5) is 0 Å². The molecule has 1 fully saturated rings. The third-order valence-electron chi connectivity index (χ3n) is 3.55. The summed E-state index contributed by atoms with van der Waals surface area (Å²) in [5.41, 5.74) is 7.10. The molecule has 0 aromatic heterocycles. The molecule has 1 aliphatic heterocycles. The van der Waals surface area contributed by atoms with E-state index >= 15 is 0 Å². The van der Waals surface area contributed by atoms with Crippen LogP contribution in [-0.4, -0.2) is 24.0 Å². The molecule has 1 aliphatic rings. The zero-order valence-electron chi connectivity index (χ0n) is 10.2. The van der Waals surface area contributed by atoms with Crippen LogP contribution >= 0.6 is 15.9 Å². The van der Waals surface area contributed by atoms with Crippen molar-refractivity contribution in [1.29, 1.82) is 0 Å². The van der Waals surface area contributed by atoms with Gasteiger partial charge in [-0.2, -0.15) is 0 Å². The zero-order chi connectivity index (χ0) is 12.1. The number of hydrogen-bond donors (Lipinski definition) is 1. The second kappa shape index (κ2) is 6.53. The summed E-state index contributed by atoms with van der Waals surface area (Å²) in [6, 6.07) is 9.35. The second-order valence-electron chi connectivity index (χ2n) is 4.82. The fourth-order valence-electron chi connectivity index (χ4n) is 2.61. The van der Waals surface area contributed by atoms with E-state index < -0.39 is 0 Å². The van der Waals surface area contributed by atoms with Crippen LogP contribution in [0, 0.1) is 0 Å². The SMILES string of the molecule is NCCC1CCCCN1Cc1ccc(Br)cc1. The van der Waals surface area contributed by atoms with Crippen molar-refractivity contribution in [3.05, 3.63) is 34.3 Å². The van der Waals surface area contributed by atoms with Crippen LogP contribution in [0.1, 0.15) is 31.2 Å². The summed E-state index contributed by atoms with van der Waals surface area (Å²) < 4.78 is 1.15. The largest absolute Gasteiger partial charge is 0.330 e. The van der Waals surface area contributed by atoms with Gasteiger partial charge in [0, 0.05) is 17.1 Å². The van der Waals surface area contributed by atoms with Gasteiger partial charge in [0.15, 0.2) is 0 Å². The molecular formula is C14H21BrN2. The van der Waals surface area contributed by atoms with E-state index in [0.29, 0.717) is 6.04 Å². The van der Waals surface area contributed by atoms with Gasteiger partial charge >= 0.3 is 0 Å². The van der Waals surface area contributed by atoms with Gasteiger partial charge in [-0.1, -0.05) is 34.5 Å². The zero-order valence-corrected chi connectivity index (χ0v) is 11.8. The summed E-state index contributed by atoms with van der Waals surface area (Å²) in [5.74, 6) is 0. The summed E-state index contributed by atoms with van der Waals surface area (Å²) in [4.78, 5) is 2.60. The average Bonchev–Trinajstić information content (AvgIpc) is 2.35. The average molecular weight is 297 g/mol. The first-order valence-corrected chi connectivity index (χ1v) is 7.27. The number of nitrogens with two attached hydrogens (primary N) is 1. The smallest absolute Gasteiger partial charge is 0.0236 e. The Morgan fingerprint density at radius 2 is 2.00 bits per heavy atom. The van der Waals surface area contributed by atoms with Crippen molar-refractivity contribution in [2.24, 2.45) is 5.73 Å². The van der Waals surface area contributed by atoms with Crippen LogP contribution in [0.3, 0.4) is 0 Å². The van der Waals surface area contributed by atoms with Gasteiger partial charge in [0.1, 0.15) is 0 Å². The molecular weight excluding hydrogens is 276 g/mol. The highest BCUT2D eigenvalue weighted by molar-refractivity contribution is 9.10. The van der Waals surface area contributed by atoms with Crippen LogP contribution in [-0.2, 0) is 6.54 Å². The molecule has 1 heterocycles. The van der Waals surface area contributed by atoms with Crippen molar-refractivity contribution in [3.8, 4) is 0 Å². The quantitative estimate of drug-likeness (QED) is 0.925. The fraction of sp³-hybridized carbons (Fsp3) is 0.571. The van der Waals surface area contributed by atoms with Gasteiger partial charge in [-0.15, -0.1) is 0 Å². The van der Waals surface area contributed by atoms with Gasteiger partial charge in [0.25, 0.3) is 0 Å². The number of piperidine rings is 1. The van der Waals surface area contributed by atoms with Gasteiger partial charge in [-0.3, -0.25) is 4.90 Å². The highest BCUT2D eigenvalue weighted by Crippen LogP contribution is 2.22. The summed E-state index contributed by atoms with van der Waals surface area (Å²) in [6.07, 6.45) is 5.14. The van der Waals surface area contributed by atoms with Crippen molar-refractivity contribution in [3.63, 3.8) is 0 Å². The minimum Gasteiger partial charge on any atom is -0.330 e. The molecule has 1 aromatic carbocycles. The summed E-state index contributed by atoms with van der Waals surface area (Å²) in [5, 5.41) is 0. The van der Waals surface area contributed by atoms with Gasteiger partial charge in [0.2, 0.25) is 0 Å². The normalized spacial score (nSPS) is 21.6. The van der Waals surface area contributed by atoms with Gasteiger partial charge in [-0.05, 0) is 50.0 Å². The number of likely N-dealkylation sites (tertiary alicyclic amines) is 1. The number of nitrogens with zero attached hydrogens (tertiary/aromatic N) is 1. The minimum atomic E-state index is 0.692. The monoisotopic (exact) mass is 296 g/mol. The third kappa shape index (κ3) is 3.80. The lowest BCUT2D eigenvalue weighted by Gasteiger charge is -2.35. The summed E-state index contributed by atoms with van der Waals surface area (Å²) in [7, 11) is 0. The Morgan fingerprint density at radius 1 is 1.24 bits per heavy atom. The number of hydrogen-bond acceptors (Lipinski definition) is 2. The van der Waals surface area contributed by atoms with Crippen molar-refractivity contribution < 1.29 is 0 Å². The standard InChI is InChI=1S/C14H21BrN2/c15-13-6-4-12(5-7-13)11-17-10-2-1-3-14(17)8-9-16/h4-7,14H,1-3,8-11,16H2. The molecule has 0 saturated carbocycles. The molecule has 0 radical (unpaired) electrons. The maximum atomic E-state index is 5.70. The maximum absolute atomic E-state index is 5.70. The first-order valence-electron chi connectivity index (χ1n) is 6.48. The highest BCUT2D eigenvalue weighted by atomic mass is 79.9. The van der Waals surface area contributed by atoms with Gasteiger partial charge < -0.3 is 5.73 Å². The van der Waals surface area contributed by atoms with E-state index in [1.165, 1.54) is 31.4 Å². The molecule has 2 rings (SSSR count). The second-order valence-corrected chi connectivity index (χ2v) is 5.74. The van der Waals surface area contributed by atoms with Crippen LogP contribution in [0.5, 0.6) is 0 Å². The van der Waals surface area contributed by atoms with Gasteiger partial charge in [-0.25, -0.2) is 0 Å². The van der Waals surface area contributed by atoms with Crippen molar-refractivity contribution in [2.75, 3.05) is 13.1 Å². The first kappa shape index (κ1) is 13.1. The lowest BCUT2D eigenvalue weighted by molar-refractivity contribution is 0.134. The molecule has 1 saturated heterocycles. The van der Waals surface area contributed by atoms with Crippen molar-refractivity contribution in [1.82, 2.24) is 4.90 Å². The number of benzene rings is 1. The predicted octanol–water partition coefficient (Wildman–Crippen LogP) is 3.15. The third-order valence-corrected chi connectivity index (χ3v) is 4.08. The Hall–Kier alpha value is -0.380. The molecule has 3 heteroatoms. The van der Waals surface area contributed by atoms with Crippen LogP contribution in [0.25, 0.3) is 0 Å². The van der Waals surface area contributed by atoms with Crippen LogP contribution < -0.4 is 5.73 Å². The molecule has 0 aliphatic carbocycles. The molecule has 1 unspecified atom stereocenters. The lowest BCUT2D eigenvalue weighted by atomic mass is 9.98. The molecule has 2 nitrogen and oxygen atoms in total. The fourth-order valence-corrected chi connectivity index (χ4v) is 2.88. The molecule has 0 amide bonds. The topological polar surface area (TPSA) is 29.3 Å². The van der Waals surface area contributed by atoms with E-state index in [4.69, 9.17) is 5.73 Å². The Balaban J connectivity index is 1.97. The number of halogens is 1. The van der Waals surface area contributed by atoms with E-state index in [9.17, 15) is 0 Å². The van der Waals surface area contributed by atoms with E-state index in [1.54, 1.807) is 0 Å². The Kier molecular flexibility index (Phi) is 5.01. The molecule has 1 aromatic rings. The highest BCUT2D eigenvalue weighted by Gasteiger charge is 2.21. The van der Waals surface area contributed by atoms with E-state index in [1.807, 2.05) is 0 Å². The molecule has 1 atom stereocenters. The minimum absolute atomic E-state index is 0.692. The lowest BCUT2D eigenvalue weighted by Crippen LogP contribution is -2.40. The molecule has 17 heavy (non-hydrogen) atoms. The molecule has 0 bridgehead atoms. The van der Waals surface area contributed by atoms with E-state index in [-0.39, 0.29) is 0 Å². The molecule has 0 spiro atoms. The Morgan fingerprint density at radius 3 is 2.71 bits per heavy atom. The first-order chi connectivity index (χ1) is 8.29. The maximum Gasteiger partial charge on any atom is 0.0236 e.